The number of aliphatic hydroxyl groups is 1. The maximum atomic E-state index is 10.4. The second kappa shape index (κ2) is 6.95. The molecule has 1 aliphatic rings. The van der Waals surface area contributed by atoms with Crippen LogP contribution in [-0.4, -0.2) is 44.7 Å². The number of anilines is 1. The van der Waals surface area contributed by atoms with E-state index in [9.17, 15) is 9.90 Å². The second-order valence-corrected chi connectivity index (χ2v) is 6.13. The Kier molecular flexibility index (Phi) is 4.76. The highest BCUT2D eigenvalue weighted by atomic mass is 16.3. The number of rotatable bonds is 6. The smallest absolute Gasteiger partial charge is 0.224 e. The fourth-order valence-electron chi connectivity index (χ4n) is 3.16. The van der Waals surface area contributed by atoms with Crippen LogP contribution in [0.1, 0.15) is 31.4 Å². The largest absolute Gasteiger partial charge is 0.393 e. The third-order valence-electron chi connectivity index (χ3n) is 4.43. The Morgan fingerprint density at radius 2 is 2.17 bits per heavy atom. The van der Waals surface area contributed by atoms with Crippen molar-refractivity contribution in [3.05, 3.63) is 18.0 Å². The molecule has 0 saturated heterocycles. The van der Waals surface area contributed by atoms with Gasteiger partial charge in [-0.3, -0.25) is 4.79 Å². The summed E-state index contributed by atoms with van der Waals surface area (Å²) in [5, 5.41) is 16.6. The van der Waals surface area contributed by atoms with Gasteiger partial charge in [-0.25, -0.2) is 4.98 Å². The highest BCUT2D eigenvalue weighted by molar-refractivity contribution is 5.77. The lowest BCUT2D eigenvalue weighted by Gasteiger charge is -2.26. The number of nitrogens with one attached hydrogen (secondary N) is 2. The number of nitrogens with zero attached hydrogens (tertiary/aromatic N) is 3. The molecular formula is C16H23N5O2. The van der Waals surface area contributed by atoms with E-state index in [1.165, 1.54) is 0 Å². The number of carbonyl (C=O) groups is 1. The van der Waals surface area contributed by atoms with Crippen molar-refractivity contribution >= 4 is 23.4 Å². The van der Waals surface area contributed by atoms with Gasteiger partial charge in [0.15, 0.2) is 0 Å². The lowest BCUT2D eigenvalue weighted by Crippen LogP contribution is -2.29. The van der Waals surface area contributed by atoms with Crippen LogP contribution in [0.2, 0.25) is 0 Å². The molecule has 0 aliphatic heterocycles. The average molecular weight is 317 g/mol. The number of aliphatic hydroxyl groups excluding tert-OH is 1. The third-order valence-corrected chi connectivity index (χ3v) is 4.43. The number of hydrogen-bond acceptors (Lipinski definition) is 5. The van der Waals surface area contributed by atoms with Crippen LogP contribution in [0.3, 0.4) is 0 Å². The summed E-state index contributed by atoms with van der Waals surface area (Å²) >= 11 is 0. The molecule has 0 unspecified atom stereocenters. The van der Waals surface area contributed by atoms with Gasteiger partial charge in [0.05, 0.1) is 6.10 Å². The number of aryl methyl sites for hydroxylation is 1. The van der Waals surface area contributed by atoms with Crippen molar-refractivity contribution in [1.29, 1.82) is 0 Å². The van der Waals surface area contributed by atoms with E-state index < -0.39 is 0 Å². The zero-order valence-corrected chi connectivity index (χ0v) is 13.3. The fraction of sp³-hybridized carbons (Fsp3) is 0.562. The van der Waals surface area contributed by atoms with Crippen LogP contribution >= 0.6 is 0 Å². The van der Waals surface area contributed by atoms with Gasteiger partial charge in [-0.05, 0) is 38.7 Å². The molecule has 3 N–H and O–H groups in total. The molecule has 0 radical (unpaired) electrons. The van der Waals surface area contributed by atoms with E-state index in [2.05, 4.69) is 31.2 Å². The molecule has 1 amide bonds. The molecule has 2 aromatic heterocycles. The van der Waals surface area contributed by atoms with E-state index in [1.54, 1.807) is 0 Å². The van der Waals surface area contributed by atoms with Gasteiger partial charge < -0.3 is 20.3 Å². The maximum absolute atomic E-state index is 10.4. The first-order chi connectivity index (χ1) is 11.2. The molecule has 0 bridgehead atoms. The predicted molar refractivity (Wildman–Crippen MR) is 88.2 cm³/mol. The lowest BCUT2D eigenvalue weighted by atomic mass is 9.93. The van der Waals surface area contributed by atoms with E-state index in [0.29, 0.717) is 31.5 Å². The van der Waals surface area contributed by atoms with Crippen LogP contribution in [0.5, 0.6) is 0 Å². The van der Waals surface area contributed by atoms with Crippen LogP contribution in [0.15, 0.2) is 12.3 Å². The maximum Gasteiger partial charge on any atom is 0.224 e. The van der Waals surface area contributed by atoms with E-state index in [-0.39, 0.29) is 6.10 Å². The van der Waals surface area contributed by atoms with Crippen molar-refractivity contribution in [3.8, 4) is 0 Å². The van der Waals surface area contributed by atoms with E-state index in [0.717, 1.165) is 42.4 Å². The zero-order chi connectivity index (χ0) is 16.2. The summed E-state index contributed by atoms with van der Waals surface area (Å²) in [6.45, 7) is 3.28. The summed E-state index contributed by atoms with van der Waals surface area (Å²) in [5.74, 6) is 0.626. The van der Waals surface area contributed by atoms with Crippen LogP contribution < -0.4 is 10.6 Å². The van der Waals surface area contributed by atoms with E-state index in [1.807, 2.05) is 13.1 Å². The number of carbonyl (C=O) groups excluding carboxylic acids is 1. The molecule has 2 aromatic rings. The summed E-state index contributed by atoms with van der Waals surface area (Å²) in [5.41, 5.74) is 1.98. The Bertz CT molecular complexity index is 676. The first kappa shape index (κ1) is 15.7. The van der Waals surface area contributed by atoms with Crippen LogP contribution in [0.4, 0.5) is 5.95 Å². The molecule has 1 fully saturated rings. The molecule has 1 aliphatic carbocycles. The minimum atomic E-state index is -0.165. The summed E-state index contributed by atoms with van der Waals surface area (Å²) in [7, 11) is 0. The highest BCUT2D eigenvalue weighted by Crippen LogP contribution is 2.22. The van der Waals surface area contributed by atoms with Crippen LogP contribution in [-0.2, 0) is 11.3 Å². The second-order valence-electron chi connectivity index (χ2n) is 6.13. The number of fused-ring (bicyclic) bond motifs is 1. The van der Waals surface area contributed by atoms with Crippen molar-refractivity contribution in [2.75, 3.05) is 11.9 Å². The number of aromatic nitrogens is 3. The Balaban J connectivity index is 1.77. The Morgan fingerprint density at radius 3 is 2.91 bits per heavy atom. The highest BCUT2D eigenvalue weighted by Gasteiger charge is 2.20. The minimum absolute atomic E-state index is 0.165. The summed E-state index contributed by atoms with van der Waals surface area (Å²) in [6.07, 6.45) is 5.90. The Hall–Kier alpha value is -2.15. The van der Waals surface area contributed by atoms with Gasteiger partial charge in [-0.1, -0.05) is 0 Å². The summed E-state index contributed by atoms with van der Waals surface area (Å²) < 4.78 is 2.09. The van der Waals surface area contributed by atoms with E-state index in [4.69, 9.17) is 0 Å². The van der Waals surface area contributed by atoms with Crippen molar-refractivity contribution in [1.82, 2.24) is 19.9 Å². The topological polar surface area (TPSA) is 92.1 Å². The molecule has 0 spiro atoms. The van der Waals surface area contributed by atoms with Crippen molar-refractivity contribution in [2.45, 2.75) is 51.3 Å². The quantitative estimate of drug-likeness (QED) is 0.550. The van der Waals surface area contributed by atoms with Crippen molar-refractivity contribution in [3.63, 3.8) is 0 Å². The molecule has 7 heteroatoms. The SMILES string of the molecule is Cc1cc2cnc(NC3CCC(O)CC3)nc2n1CCNC=O. The number of hydrogen-bond donors (Lipinski definition) is 3. The van der Waals surface area contributed by atoms with Gasteiger partial charge in [0, 0.05) is 36.4 Å². The molecule has 23 heavy (non-hydrogen) atoms. The first-order valence-corrected chi connectivity index (χ1v) is 8.12. The van der Waals surface area contributed by atoms with Gasteiger partial charge >= 0.3 is 0 Å². The van der Waals surface area contributed by atoms with Crippen LogP contribution in [0, 0.1) is 6.92 Å². The molecule has 2 heterocycles. The van der Waals surface area contributed by atoms with Crippen LogP contribution in [0.25, 0.3) is 11.0 Å². The molecule has 0 atom stereocenters. The lowest BCUT2D eigenvalue weighted by molar-refractivity contribution is -0.109. The average Bonchev–Trinajstić information content (AvgIpc) is 2.85. The zero-order valence-electron chi connectivity index (χ0n) is 13.3. The van der Waals surface area contributed by atoms with Gasteiger partial charge in [-0.15, -0.1) is 0 Å². The summed E-state index contributed by atoms with van der Waals surface area (Å²) in [4.78, 5) is 19.5. The first-order valence-electron chi connectivity index (χ1n) is 8.12. The Labute approximate surface area is 135 Å². The van der Waals surface area contributed by atoms with Gasteiger partial charge in [0.2, 0.25) is 12.4 Å². The molecule has 1 saturated carbocycles. The molecule has 0 aromatic carbocycles. The Morgan fingerprint density at radius 1 is 1.39 bits per heavy atom. The molecule has 124 valence electrons. The van der Waals surface area contributed by atoms with Crippen molar-refractivity contribution in [2.24, 2.45) is 0 Å². The minimum Gasteiger partial charge on any atom is -0.393 e. The number of amides is 1. The third kappa shape index (κ3) is 3.61. The van der Waals surface area contributed by atoms with Gasteiger partial charge in [0.1, 0.15) is 5.65 Å². The van der Waals surface area contributed by atoms with E-state index >= 15 is 0 Å². The summed E-state index contributed by atoms with van der Waals surface area (Å²) in [6, 6.07) is 2.37. The monoisotopic (exact) mass is 317 g/mol. The van der Waals surface area contributed by atoms with Gasteiger partial charge in [0.25, 0.3) is 0 Å². The predicted octanol–water partition coefficient (Wildman–Crippen LogP) is 1.20. The molecular weight excluding hydrogens is 294 g/mol. The van der Waals surface area contributed by atoms with Gasteiger partial charge in [-0.2, -0.15) is 4.98 Å². The fourth-order valence-corrected chi connectivity index (χ4v) is 3.16. The normalized spacial score (nSPS) is 21.3. The standard InChI is InChI=1S/C16H23N5O2/c1-11-8-12-9-18-16(19-13-2-4-14(23)5-3-13)20-15(12)21(11)7-6-17-10-22/h8-10,13-14,23H,2-7H2,1H3,(H,17,22)(H,18,19,20). The molecule has 3 rings (SSSR count). The van der Waals surface area contributed by atoms with Crippen molar-refractivity contribution < 1.29 is 9.90 Å². The molecule has 7 nitrogen and oxygen atoms in total.